The quantitative estimate of drug-likeness (QED) is 0.895. The first-order valence-electron chi connectivity index (χ1n) is 5.98. The summed E-state index contributed by atoms with van der Waals surface area (Å²) in [4.78, 5) is 1.03. The molecule has 2 aromatic heterocycles. The van der Waals surface area contributed by atoms with Crippen molar-refractivity contribution in [2.24, 2.45) is 0 Å². The van der Waals surface area contributed by atoms with Crippen LogP contribution in [0.25, 0.3) is 9.88 Å². The summed E-state index contributed by atoms with van der Waals surface area (Å²) in [5.74, 6) is 0. The fourth-order valence-corrected chi connectivity index (χ4v) is 4.13. The van der Waals surface area contributed by atoms with Crippen LogP contribution in [0.3, 0.4) is 0 Å². The molecule has 18 heavy (non-hydrogen) atoms. The second-order valence-electron chi connectivity index (χ2n) is 4.03. The number of halogens is 1. The predicted molar refractivity (Wildman–Crippen MR) is 79.7 cm³/mol. The highest BCUT2D eigenvalue weighted by molar-refractivity contribution is 7.21. The van der Waals surface area contributed by atoms with Crippen molar-refractivity contribution in [2.45, 2.75) is 33.2 Å². The molecule has 0 amide bonds. The Morgan fingerprint density at radius 1 is 1.39 bits per heavy atom. The van der Waals surface area contributed by atoms with Gasteiger partial charge < -0.3 is 5.32 Å². The number of nitrogens with zero attached hydrogens (tertiary/aromatic N) is 2. The van der Waals surface area contributed by atoms with Crippen LogP contribution in [-0.4, -0.2) is 16.7 Å². The van der Waals surface area contributed by atoms with Gasteiger partial charge >= 0.3 is 0 Å². The first-order chi connectivity index (χ1) is 8.67. The average Bonchev–Trinajstić information content (AvgIpc) is 2.95. The Bertz CT molecular complexity index is 521. The van der Waals surface area contributed by atoms with Crippen LogP contribution in [0.5, 0.6) is 0 Å². The minimum absolute atomic E-state index is 0.293. The van der Waals surface area contributed by atoms with E-state index < -0.39 is 0 Å². The number of hydrogen-bond acceptors (Lipinski definition) is 5. The fourth-order valence-electron chi connectivity index (χ4n) is 1.69. The Kier molecular flexibility index (Phi) is 4.72. The Morgan fingerprint density at radius 2 is 2.17 bits per heavy atom. The zero-order chi connectivity index (χ0) is 13.1. The van der Waals surface area contributed by atoms with E-state index in [1.54, 1.807) is 22.7 Å². The fraction of sp³-hybridized carbons (Fsp3) is 0.500. The third-order valence-electron chi connectivity index (χ3n) is 2.69. The van der Waals surface area contributed by atoms with Gasteiger partial charge in [-0.1, -0.05) is 36.8 Å². The summed E-state index contributed by atoms with van der Waals surface area (Å²) >= 11 is 9.52. The van der Waals surface area contributed by atoms with Crippen LogP contribution in [0.4, 0.5) is 0 Å². The summed E-state index contributed by atoms with van der Waals surface area (Å²) in [5, 5.41) is 16.8. The molecular weight excluding hydrogens is 286 g/mol. The van der Waals surface area contributed by atoms with Crippen molar-refractivity contribution in [3.05, 3.63) is 21.0 Å². The standard InChI is InChI=1S/C12H16ClN3S2/c1-4-8(14-5-2)11-15-16-12(18-11)10-9(13)7(3)6-17-10/h6,8,14H,4-5H2,1-3H3. The molecule has 98 valence electrons. The van der Waals surface area contributed by atoms with E-state index in [2.05, 4.69) is 34.7 Å². The molecule has 0 aliphatic heterocycles. The van der Waals surface area contributed by atoms with Crippen LogP contribution in [0.15, 0.2) is 5.38 Å². The van der Waals surface area contributed by atoms with E-state index in [0.717, 1.165) is 38.4 Å². The van der Waals surface area contributed by atoms with Gasteiger partial charge in [-0.25, -0.2) is 0 Å². The molecule has 0 radical (unpaired) electrons. The zero-order valence-corrected chi connectivity index (χ0v) is 13.0. The summed E-state index contributed by atoms with van der Waals surface area (Å²) in [6.45, 7) is 7.20. The molecular formula is C12H16ClN3S2. The van der Waals surface area contributed by atoms with Crippen molar-refractivity contribution in [2.75, 3.05) is 6.54 Å². The maximum Gasteiger partial charge on any atom is 0.159 e. The number of hydrogen-bond donors (Lipinski definition) is 1. The predicted octanol–water partition coefficient (Wildman–Crippen LogP) is 4.29. The molecule has 0 bridgehead atoms. The third kappa shape index (κ3) is 2.74. The second-order valence-corrected chi connectivity index (χ2v) is 6.29. The van der Waals surface area contributed by atoms with Crippen molar-refractivity contribution < 1.29 is 0 Å². The molecule has 0 fully saturated rings. The molecule has 6 heteroatoms. The third-order valence-corrected chi connectivity index (χ3v) is 5.58. The van der Waals surface area contributed by atoms with E-state index in [0.29, 0.717) is 6.04 Å². The van der Waals surface area contributed by atoms with Crippen molar-refractivity contribution in [1.82, 2.24) is 15.5 Å². The SMILES string of the molecule is CCNC(CC)c1nnc(-c2scc(C)c2Cl)s1. The summed E-state index contributed by atoms with van der Waals surface area (Å²) in [7, 11) is 0. The highest BCUT2D eigenvalue weighted by atomic mass is 35.5. The maximum atomic E-state index is 6.26. The number of rotatable bonds is 5. The molecule has 1 atom stereocenters. The van der Waals surface area contributed by atoms with E-state index >= 15 is 0 Å². The molecule has 2 aromatic rings. The van der Waals surface area contributed by atoms with Crippen molar-refractivity contribution in [3.63, 3.8) is 0 Å². The van der Waals surface area contributed by atoms with Gasteiger partial charge in [-0.05, 0) is 30.8 Å². The maximum absolute atomic E-state index is 6.26. The number of aryl methyl sites for hydroxylation is 1. The van der Waals surface area contributed by atoms with Gasteiger partial charge in [-0.3, -0.25) is 0 Å². The van der Waals surface area contributed by atoms with E-state index in [9.17, 15) is 0 Å². The lowest BCUT2D eigenvalue weighted by Gasteiger charge is -2.10. The van der Waals surface area contributed by atoms with Crippen LogP contribution in [-0.2, 0) is 0 Å². The van der Waals surface area contributed by atoms with Crippen molar-refractivity contribution in [3.8, 4) is 9.88 Å². The van der Waals surface area contributed by atoms with Gasteiger partial charge in [0.2, 0.25) is 0 Å². The van der Waals surface area contributed by atoms with Crippen LogP contribution < -0.4 is 5.32 Å². The molecule has 3 nitrogen and oxygen atoms in total. The Morgan fingerprint density at radius 3 is 2.72 bits per heavy atom. The lowest BCUT2D eigenvalue weighted by atomic mass is 10.2. The Hall–Kier alpha value is -0.490. The van der Waals surface area contributed by atoms with Gasteiger partial charge in [0.15, 0.2) is 5.01 Å². The monoisotopic (exact) mass is 301 g/mol. The molecule has 0 aliphatic rings. The van der Waals surface area contributed by atoms with Crippen LogP contribution in [0.1, 0.15) is 36.9 Å². The minimum atomic E-state index is 0.293. The highest BCUT2D eigenvalue weighted by Gasteiger charge is 2.17. The Labute approximate surface area is 120 Å². The van der Waals surface area contributed by atoms with Crippen molar-refractivity contribution >= 4 is 34.3 Å². The highest BCUT2D eigenvalue weighted by Crippen LogP contribution is 2.38. The topological polar surface area (TPSA) is 37.8 Å². The molecule has 0 spiro atoms. The average molecular weight is 302 g/mol. The molecule has 2 heterocycles. The number of aromatic nitrogens is 2. The first-order valence-corrected chi connectivity index (χ1v) is 8.05. The van der Waals surface area contributed by atoms with Gasteiger partial charge in [-0.2, -0.15) is 0 Å². The van der Waals surface area contributed by atoms with Gasteiger partial charge in [0.05, 0.1) is 15.9 Å². The molecule has 1 N–H and O–H groups in total. The molecule has 1 unspecified atom stereocenters. The molecule has 0 aliphatic carbocycles. The minimum Gasteiger partial charge on any atom is -0.308 e. The summed E-state index contributed by atoms with van der Waals surface area (Å²) < 4.78 is 0. The molecule has 0 saturated heterocycles. The lowest BCUT2D eigenvalue weighted by molar-refractivity contribution is 0.531. The first kappa shape index (κ1) is 13.9. The van der Waals surface area contributed by atoms with Gasteiger partial charge in [0.25, 0.3) is 0 Å². The summed E-state index contributed by atoms with van der Waals surface area (Å²) in [6.07, 6.45) is 1.01. The van der Waals surface area contributed by atoms with Crippen molar-refractivity contribution in [1.29, 1.82) is 0 Å². The van der Waals surface area contributed by atoms with Crippen LogP contribution in [0.2, 0.25) is 5.02 Å². The van der Waals surface area contributed by atoms with Crippen LogP contribution >= 0.6 is 34.3 Å². The van der Waals surface area contributed by atoms with E-state index in [1.165, 1.54) is 0 Å². The summed E-state index contributed by atoms with van der Waals surface area (Å²) in [5.41, 5.74) is 1.10. The number of thiophene rings is 1. The summed E-state index contributed by atoms with van der Waals surface area (Å²) in [6, 6.07) is 0.293. The van der Waals surface area contributed by atoms with E-state index in [-0.39, 0.29) is 0 Å². The lowest BCUT2D eigenvalue weighted by Crippen LogP contribution is -2.19. The molecule has 0 aromatic carbocycles. The largest absolute Gasteiger partial charge is 0.308 e. The second kappa shape index (κ2) is 6.10. The van der Waals surface area contributed by atoms with E-state index in [1.807, 2.05) is 6.92 Å². The zero-order valence-electron chi connectivity index (χ0n) is 10.7. The van der Waals surface area contributed by atoms with E-state index in [4.69, 9.17) is 11.6 Å². The van der Waals surface area contributed by atoms with Gasteiger partial charge in [-0.15, -0.1) is 21.5 Å². The smallest absolute Gasteiger partial charge is 0.159 e. The molecule has 2 rings (SSSR count). The normalized spacial score (nSPS) is 12.9. The van der Waals surface area contributed by atoms with Gasteiger partial charge in [0.1, 0.15) is 5.01 Å². The van der Waals surface area contributed by atoms with Gasteiger partial charge in [0, 0.05) is 0 Å². The number of nitrogens with one attached hydrogen (secondary N) is 1. The Balaban J connectivity index is 2.27. The molecule has 0 saturated carbocycles. The van der Waals surface area contributed by atoms with Crippen LogP contribution in [0, 0.1) is 6.92 Å².